The van der Waals surface area contributed by atoms with Gasteiger partial charge in [0.1, 0.15) is 6.04 Å². The molecular formula is C12H17NO4S. The first kappa shape index (κ1) is 14.5. The molecule has 1 aromatic carbocycles. The first-order valence-corrected chi connectivity index (χ1v) is 6.83. The number of thioether (sulfide) groups is 1. The normalized spacial score (nSPS) is 11.9. The summed E-state index contributed by atoms with van der Waals surface area (Å²) in [6.45, 7) is 0. The molecule has 6 heteroatoms. The molecule has 1 aromatic rings. The highest BCUT2D eigenvalue weighted by atomic mass is 32.2. The van der Waals surface area contributed by atoms with E-state index in [-0.39, 0.29) is 5.75 Å². The highest BCUT2D eigenvalue weighted by Crippen LogP contribution is 2.29. The Balaban J connectivity index is 2.77. The lowest BCUT2D eigenvalue weighted by Gasteiger charge is -2.16. The molecule has 0 bridgehead atoms. The first-order chi connectivity index (χ1) is 8.58. The summed E-state index contributed by atoms with van der Waals surface area (Å²) in [6, 6.07) is 4.01. The Hall–Kier alpha value is -1.56. The van der Waals surface area contributed by atoms with Crippen LogP contribution in [-0.2, 0) is 4.79 Å². The fourth-order valence-corrected chi connectivity index (χ4v) is 1.93. The van der Waals surface area contributed by atoms with Crippen molar-refractivity contribution in [1.29, 1.82) is 0 Å². The molecule has 0 aromatic heterocycles. The molecule has 18 heavy (non-hydrogen) atoms. The number of benzene rings is 1. The topological polar surface area (TPSA) is 78.8 Å². The van der Waals surface area contributed by atoms with Gasteiger partial charge in [0.05, 0.1) is 7.11 Å². The molecule has 0 aliphatic rings. The molecule has 0 spiro atoms. The number of aliphatic carboxylic acids is 1. The predicted molar refractivity (Wildman–Crippen MR) is 72.7 cm³/mol. The van der Waals surface area contributed by atoms with E-state index < -0.39 is 12.0 Å². The molecule has 5 nitrogen and oxygen atoms in total. The third kappa shape index (κ3) is 4.03. The van der Waals surface area contributed by atoms with Crippen LogP contribution >= 0.6 is 11.8 Å². The summed E-state index contributed by atoms with van der Waals surface area (Å²) in [7, 11) is 1.45. The van der Waals surface area contributed by atoms with Crippen LogP contribution in [0.4, 0.5) is 5.69 Å². The standard InChI is InChI=1S/C12H17NO4S/c1-17-11-7-8(3-4-10(11)14)13-9(12(15)16)5-6-18-2/h3-4,7,9,13-14H,5-6H2,1-2H3,(H,15,16)/t9-/m0/s1. The number of phenols is 1. The highest BCUT2D eigenvalue weighted by Gasteiger charge is 2.17. The Kier molecular flexibility index (Phi) is 5.64. The minimum absolute atomic E-state index is 0.0269. The first-order valence-electron chi connectivity index (χ1n) is 5.43. The van der Waals surface area contributed by atoms with Crippen molar-refractivity contribution in [3.8, 4) is 11.5 Å². The molecule has 0 aliphatic heterocycles. The van der Waals surface area contributed by atoms with E-state index in [4.69, 9.17) is 9.84 Å². The lowest BCUT2D eigenvalue weighted by Crippen LogP contribution is -2.29. The molecule has 3 N–H and O–H groups in total. The number of nitrogens with one attached hydrogen (secondary N) is 1. The summed E-state index contributed by atoms with van der Waals surface area (Å²) in [4.78, 5) is 11.1. The minimum Gasteiger partial charge on any atom is -0.504 e. The zero-order chi connectivity index (χ0) is 13.5. The van der Waals surface area contributed by atoms with E-state index in [0.717, 1.165) is 5.75 Å². The molecular weight excluding hydrogens is 254 g/mol. The van der Waals surface area contributed by atoms with Crippen molar-refractivity contribution in [1.82, 2.24) is 0 Å². The van der Waals surface area contributed by atoms with Crippen molar-refractivity contribution in [3.05, 3.63) is 18.2 Å². The summed E-state index contributed by atoms with van der Waals surface area (Å²) >= 11 is 1.60. The van der Waals surface area contributed by atoms with Crippen LogP contribution in [-0.4, -0.2) is 41.3 Å². The second-order valence-corrected chi connectivity index (χ2v) is 4.69. The fraction of sp³-hybridized carbons (Fsp3) is 0.417. The van der Waals surface area contributed by atoms with Gasteiger partial charge < -0.3 is 20.3 Å². The highest BCUT2D eigenvalue weighted by molar-refractivity contribution is 7.98. The lowest BCUT2D eigenvalue weighted by molar-refractivity contribution is -0.137. The van der Waals surface area contributed by atoms with Gasteiger partial charge in [0.25, 0.3) is 0 Å². The van der Waals surface area contributed by atoms with Crippen molar-refractivity contribution in [3.63, 3.8) is 0 Å². The maximum atomic E-state index is 11.1. The number of hydrogen-bond donors (Lipinski definition) is 3. The molecule has 0 amide bonds. The quantitative estimate of drug-likeness (QED) is 0.658. The van der Waals surface area contributed by atoms with E-state index in [0.29, 0.717) is 17.9 Å². The van der Waals surface area contributed by atoms with Gasteiger partial charge in [-0.15, -0.1) is 0 Å². The van der Waals surface area contributed by atoms with Crippen molar-refractivity contribution in [2.24, 2.45) is 0 Å². The van der Waals surface area contributed by atoms with E-state index in [2.05, 4.69) is 5.32 Å². The lowest BCUT2D eigenvalue weighted by atomic mass is 10.2. The molecule has 0 heterocycles. The average Bonchev–Trinajstić information content (AvgIpc) is 2.36. The van der Waals surface area contributed by atoms with Gasteiger partial charge in [-0.05, 0) is 30.6 Å². The number of carboxylic acid groups (broad SMARTS) is 1. The van der Waals surface area contributed by atoms with Crippen molar-refractivity contribution < 1.29 is 19.7 Å². The number of ether oxygens (including phenoxy) is 1. The van der Waals surface area contributed by atoms with Gasteiger partial charge in [0, 0.05) is 11.8 Å². The Morgan fingerprint density at radius 1 is 1.56 bits per heavy atom. The smallest absolute Gasteiger partial charge is 0.326 e. The van der Waals surface area contributed by atoms with Gasteiger partial charge in [-0.3, -0.25) is 0 Å². The Morgan fingerprint density at radius 2 is 2.28 bits per heavy atom. The Bertz CT molecular complexity index is 411. The number of phenolic OH excluding ortho intramolecular Hbond substituents is 1. The van der Waals surface area contributed by atoms with E-state index in [1.165, 1.54) is 13.2 Å². The number of methoxy groups -OCH3 is 1. The van der Waals surface area contributed by atoms with Crippen LogP contribution in [0, 0.1) is 0 Å². The van der Waals surface area contributed by atoms with Crippen LogP contribution in [0.3, 0.4) is 0 Å². The summed E-state index contributed by atoms with van der Waals surface area (Å²) in [5.41, 5.74) is 0.609. The number of aromatic hydroxyl groups is 1. The molecule has 0 radical (unpaired) electrons. The van der Waals surface area contributed by atoms with Gasteiger partial charge in [-0.2, -0.15) is 11.8 Å². The molecule has 0 saturated carbocycles. The second-order valence-electron chi connectivity index (χ2n) is 3.70. The van der Waals surface area contributed by atoms with Gasteiger partial charge in [0.2, 0.25) is 0 Å². The molecule has 0 saturated heterocycles. The van der Waals surface area contributed by atoms with Gasteiger partial charge >= 0.3 is 5.97 Å². The Labute approximate surface area is 110 Å². The van der Waals surface area contributed by atoms with Crippen LogP contribution in [0.25, 0.3) is 0 Å². The number of rotatable bonds is 7. The summed E-state index contributed by atoms with van der Waals surface area (Å²) < 4.78 is 4.97. The van der Waals surface area contributed by atoms with Crippen LogP contribution < -0.4 is 10.1 Å². The third-order valence-corrected chi connectivity index (χ3v) is 3.07. The second kappa shape index (κ2) is 7.00. The SMILES string of the molecule is COc1cc(N[C@@H](CCSC)C(=O)O)ccc1O. The van der Waals surface area contributed by atoms with E-state index in [9.17, 15) is 9.90 Å². The van der Waals surface area contributed by atoms with Gasteiger partial charge in [-0.25, -0.2) is 4.79 Å². The summed E-state index contributed by atoms with van der Waals surface area (Å²) in [6.07, 6.45) is 2.46. The average molecular weight is 271 g/mol. The maximum absolute atomic E-state index is 11.1. The minimum atomic E-state index is -0.893. The molecule has 1 rings (SSSR count). The van der Waals surface area contributed by atoms with E-state index >= 15 is 0 Å². The molecule has 0 fully saturated rings. The van der Waals surface area contributed by atoms with Crippen LogP contribution in [0.5, 0.6) is 11.5 Å². The number of hydrogen-bond acceptors (Lipinski definition) is 5. The number of anilines is 1. The predicted octanol–water partition coefficient (Wildman–Crippen LogP) is 2.02. The third-order valence-electron chi connectivity index (χ3n) is 2.43. The van der Waals surface area contributed by atoms with Crippen LogP contribution in [0.1, 0.15) is 6.42 Å². The van der Waals surface area contributed by atoms with Gasteiger partial charge in [0.15, 0.2) is 11.5 Å². The number of carboxylic acids is 1. The zero-order valence-corrected chi connectivity index (χ0v) is 11.2. The number of carbonyl (C=O) groups is 1. The zero-order valence-electron chi connectivity index (χ0n) is 10.3. The van der Waals surface area contributed by atoms with E-state index in [1.807, 2.05) is 6.26 Å². The molecule has 0 unspecified atom stereocenters. The molecule has 100 valence electrons. The molecule has 1 atom stereocenters. The summed E-state index contributed by atoms with van der Waals surface area (Å²) in [5.74, 6) is 0.211. The monoisotopic (exact) mass is 271 g/mol. The maximum Gasteiger partial charge on any atom is 0.326 e. The van der Waals surface area contributed by atoms with Crippen molar-refractivity contribution in [2.45, 2.75) is 12.5 Å². The van der Waals surface area contributed by atoms with Crippen LogP contribution in [0.15, 0.2) is 18.2 Å². The molecule has 0 aliphatic carbocycles. The summed E-state index contributed by atoms with van der Waals surface area (Å²) in [5, 5.41) is 21.4. The van der Waals surface area contributed by atoms with Gasteiger partial charge in [-0.1, -0.05) is 0 Å². The fourth-order valence-electron chi connectivity index (χ4n) is 1.46. The Morgan fingerprint density at radius 3 is 2.83 bits per heavy atom. The largest absolute Gasteiger partial charge is 0.504 e. The van der Waals surface area contributed by atoms with Crippen molar-refractivity contribution in [2.75, 3.05) is 24.4 Å². The van der Waals surface area contributed by atoms with E-state index in [1.54, 1.807) is 23.9 Å². The van der Waals surface area contributed by atoms with Crippen LogP contribution in [0.2, 0.25) is 0 Å². The van der Waals surface area contributed by atoms with Crippen molar-refractivity contribution >= 4 is 23.4 Å².